The van der Waals surface area contributed by atoms with Crippen LogP contribution in [0.15, 0.2) is 6.07 Å². The standard InChI is InChI=1S/C17H24N2/c1-11-12(2)14(4)17-16(13(11)3)10-15-6-7-18(5)8-9-19(15)17/h10H,6-9H2,1-5H3. The zero-order chi connectivity index (χ0) is 13.7. The fourth-order valence-corrected chi connectivity index (χ4v) is 3.38. The minimum Gasteiger partial charge on any atom is -0.343 e. The van der Waals surface area contributed by atoms with Crippen molar-refractivity contribution in [3.63, 3.8) is 0 Å². The normalized spacial score (nSPS) is 16.7. The fraction of sp³-hybridized carbons (Fsp3) is 0.529. The summed E-state index contributed by atoms with van der Waals surface area (Å²) in [7, 11) is 2.22. The van der Waals surface area contributed by atoms with Crippen molar-refractivity contribution in [2.45, 2.75) is 40.7 Å². The maximum atomic E-state index is 2.56. The minimum absolute atomic E-state index is 1.12. The third-order valence-corrected chi connectivity index (χ3v) is 5.08. The van der Waals surface area contributed by atoms with Gasteiger partial charge in [-0.05, 0) is 63.1 Å². The second-order valence-electron chi connectivity index (χ2n) is 6.10. The average molecular weight is 256 g/mol. The van der Waals surface area contributed by atoms with E-state index in [9.17, 15) is 0 Å². The van der Waals surface area contributed by atoms with Gasteiger partial charge in [0.25, 0.3) is 0 Å². The highest BCUT2D eigenvalue weighted by atomic mass is 15.1. The number of rotatable bonds is 0. The van der Waals surface area contributed by atoms with E-state index in [4.69, 9.17) is 0 Å². The minimum atomic E-state index is 1.12. The Morgan fingerprint density at radius 2 is 1.53 bits per heavy atom. The van der Waals surface area contributed by atoms with Gasteiger partial charge >= 0.3 is 0 Å². The molecule has 0 atom stereocenters. The third-order valence-electron chi connectivity index (χ3n) is 5.08. The second-order valence-corrected chi connectivity index (χ2v) is 6.10. The topological polar surface area (TPSA) is 8.17 Å². The molecular weight excluding hydrogens is 232 g/mol. The van der Waals surface area contributed by atoms with Gasteiger partial charge in [0.2, 0.25) is 0 Å². The van der Waals surface area contributed by atoms with Crippen LogP contribution in [0.4, 0.5) is 0 Å². The summed E-state index contributed by atoms with van der Waals surface area (Å²) in [6.45, 7) is 12.5. The highest BCUT2D eigenvalue weighted by Gasteiger charge is 2.18. The summed E-state index contributed by atoms with van der Waals surface area (Å²) in [6, 6.07) is 2.43. The van der Waals surface area contributed by atoms with Crippen molar-refractivity contribution in [2.24, 2.45) is 0 Å². The molecule has 0 spiro atoms. The van der Waals surface area contributed by atoms with Crippen LogP contribution in [0.25, 0.3) is 10.9 Å². The molecule has 2 heteroatoms. The Morgan fingerprint density at radius 1 is 0.842 bits per heavy atom. The highest BCUT2D eigenvalue weighted by Crippen LogP contribution is 2.32. The summed E-state index contributed by atoms with van der Waals surface area (Å²) in [6.07, 6.45) is 1.17. The van der Waals surface area contributed by atoms with Gasteiger partial charge in [-0.1, -0.05) is 0 Å². The van der Waals surface area contributed by atoms with E-state index in [0.717, 1.165) is 13.1 Å². The number of hydrogen-bond acceptors (Lipinski definition) is 1. The van der Waals surface area contributed by atoms with E-state index in [-0.39, 0.29) is 0 Å². The van der Waals surface area contributed by atoms with Gasteiger partial charge in [0.15, 0.2) is 0 Å². The molecule has 102 valence electrons. The zero-order valence-electron chi connectivity index (χ0n) is 12.8. The van der Waals surface area contributed by atoms with Crippen LogP contribution in [0.2, 0.25) is 0 Å². The molecule has 19 heavy (non-hydrogen) atoms. The number of aryl methyl sites for hydroxylation is 2. The summed E-state index contributed by atoms with van der Waals surface area (Å²) < 4.78 is 2.56. The van der Waals surface area contributed by atoms with E-state index in [2.05, 4.69) is 50.3 Å². The lowest BCUT2D eigenvalue weighted by Gasteiger charge is -2.15. The van der Waals surface area contributed by atoms with E-state index >= 15 is 0 Å². The molecule has 0 unspecified atom stereocenters. The average Bonchev–Trinajstić information content (AvgIpc) is 2.67. The Kier molecular flexibility index (Phi) is 2.94. The molecule has 0 bridgehead atoms. The molecule has 0 aliphatic carbocycles. The summed E-state index contributed by atoms with van der Waals surface area (Å²) in [5.74, 6) is 0. The molecule has 1 aromatic heterocycles. The molecule has 0 saturated carbocycles. The van der Waals surface area contributed by atoms with Gasteiger partial charge in [-0.25, -0.2) is 0 Å². The predicted molar refractivity (Wildman–Crippen MR) is 82.1 cm³/mol. The van der Waals surface area contributed by atoms with Gasteiger partial charge in [-0.2, -0.15) is 0 Å². The summed E-state index contributed by atoms with van der Waals surface area (Å²) in [4.78, 5) is 2.43. The molecule has 1 aliphatic rings. The van der Waals surface area contributed by atoms with Crippen molar-refractivity contribution in [1.29, 1.82) is 0 Å². The molecule has 2 aromatic rings. The molecule has 0 radical (unpaired) electrons. The Hall–Kier alpha value is -1.28. The molecule has 0 N–H and O–H groups in total. The molecular formula is C17H24N2. The van der Waals surface area contributed by atoms with Gasteiger partial charge in [-0.3, -0.25) is 0 Å². The smallest absolute Gasteiger partial charge is 0.0518 e. The van der Waals surface area contributed by atoms with Crippen LogP contribution in [0, 0.1) is 27.7 Å². The van der Waals surface area contributed by atoms with Crippen LogP contribution < -0.4 is 0 Å². The second kappa shape index (κ2) is 4.38. The van der Waals surface area contributed by atoms with Crippen LogP contribution >= 0.6 is 0 Å². The lowest BCUT2D eigenvalue weighted by atomic mass is 9.95. The molecule has 0 fully saturated rings. The monoisotopic (exact) mass is 256 g/mol. The zero-order valence-corrected chi connectivity index (χ0v) is 12.8. The number of hydrogen-bond donors (Lipinski definition) is 0. The first-order valence-corrected chi connectivity index (χ1v) is 7.27. The number of benzene rings is 1. The van der Waals surface area contributed by atoms with Crippen molar-refractivity contribution in [2.75, 3.05) is 20.1 Å². The van der Waals surface area contributed by atoms with Crippen molar-refractivity contribution < 1.29 is 0 Å². The van der Waals surface area contributed by atoms with Crippen LogP contribution in [0.5, 0.6) is 0 Å². The first-order chi connectivity index (χ1) is 9.00. The van der Waals surface area contributed by atoms with Crippen molar-refractivity contribution in [3.8, 4) is 0 Å². The fourth-order valence-electron chi connectivity index (χ4n) is 3.38. The Bertz CT molecular complexity index is 649. The van der Waals surface area contributed by atoms with E-state index in [1.165, 1.54) is 51.8 Å². The quantitative estimate of drug-likeness (QED) is 0.701. The summed E-state index contributed by atoms with van der Waals surface area (Å²) >= 11 is 0. The molecule has 0 saturated heterocycles. The Labute approximate surface area is 116 Å². The first kappa shape index (κ1) is 12.7. The van der Waals surface area contributed by atoms with E-state index in [0.29, 0.717) is 0 Å². The van der Waals surface area contributed by atoms with Gasteiger partial charge in [0, 0.05) is 37.1 Å². The van der Waals surface area contributed by atoms with Crippen LogP contribution in [-0.2, 0) is 13.0 Å². The van der Waals surface area contributed by atoms with Gasteiger partial charge in [0.1, 0.15) is 0 Å². The van der Waals surface area contributed by atoms with Crippen LogP contribution in [0.1, 0.15) is 27.9 Å². The molecule has 1 aliphatic heterocycles. The lowest BCUT2D eigenvalue weighted by Crippen LogP contribution is -2.21. The lowest BCUT2D eigenvalue weighted by molar-refractivity contribution is 0.343. The third kappa shape index (κ3) is 1.81. The van der Waals surface area contributed by atoms with Crippen LogP contribution in [0.3, 0.4) is 0 Å². The van der Waals surface area contributed by atoms with Crippen molar-refractivity contribution in [3.05, 3.63) is 34.0 Å². The SMILES string of the molecule is Cc1c(C)c(C)c2c(cc3n2CCN(C)CC3)c1C. The van der Waals surface area contributed by atoms with Crippen molar-refractivity contribution >= 4 is 10.9 Å². The molecule has 3 rings (SSSR count). The molecule has 2 heterocycles. The van der Waals surface area contributed by atoms with E-state index in [1.807, 2.05) is 0 Å². The predicted octanol–water partition coefficient (Wildman–Crippen LogP) is 3.36. The molecule has 0 amide bonds. The first-order valence-electron chi connectivity index (χ1n) is 7.27. The maximum Gasteiger partial charge on any atom is 0.0518 e. The Balaban J connectivity index is 2.32. The van der Waals surface area contributed by atoms with Crippen molar-refractivity contribution in [1.82, 2.24) is 9.47 Å². The summed E-state index contributed by atoms with van der Waals surface area (Å²) in [5, 5.41) is 1.47. The highest BCUT2D eigenvalue weighted by molar-refractivity contribution is 5.89. The maximum absolute atomic E-state index is 2.56. The number of nitrogens with zero attached hydrogens (tertiary/aromatic N) is 2. The number of likely N-dealkylation sites (N-methyl/N-ethyl adjacent to an activating group) is 1. The van der Waals surface area contributed by atoms with Gasteiger partial charge in [0.05, 0.1) is 5.52 Å². The van der Waals surface area contributed by atoms with E-state index in [1.54, 1.807) is 0 Å². The number of fused-ring (bicyclic) bond motifs is 3. The molecule has 2 nitrogen and oxygen atoms in total. The Morgan fingerprint density at radius 3 is 2.26 bits per heavy atom. The number of aromatic nitrogens is 1. The largest absolute Gasteiger partial charge is 0.343 e. The van der Waals surface area contributed by atoms with Crippen LogP contribution in [-0.4, -0.2) is 29.6 Å². The van der Waals surface area contributed by atoms with E-state index < -0.39 is 0 Å². The molecule has 1 aromatic carbocycles. The van der Waals surface area contributed by atoms with Gasteiger partial charge in [-0.15, -0.1) is 0 Å². The summed E-state index contributed by atoms with van der Waals surface area (Å²) in [5.41, 5.74) is 8.84. The van der Waals surface area contributed by atoms with Gasteiger partial charge < -0.3 is 9.47 Å².